The maximum atomic E-state index is 6.76. The average Bonchev–Trinajstić information content (AvgIpc) is 2.98. The van der Waals surface area contributed by atoms with E-state index in [1.807, 2.05) is 98.8 Å². The van der Waals surface area contributed by atoms with Gasteiger partial charge in [-0.2, -0.15) is 0 Å². The van der Waals surface area contributed by atoms with Crippen molar-refractivity contribution < 1.29 is 0 Å². The standard InChI is InChI=1S/C32H27N9S/c1-17-13-24(33)22-15-20(7-10-27(22)36-17)30-39-31(21-8-11-28-23(16-21)25(34)14-18(2)37-28)41(35)32(40-30)42-29-12-9-19-5-3-4-6-26(19)38-29/h3-16,31H,35H2,1-2H3,(H2,33,36)(H2,34,37). The minimum Gasteiger partial charge on any atom is -0.398 e. The van der Waals surface area contributed by atoms with Gasteiger partial charge in [-0.25, -0.2) is 20.8 Å². The van der Waals surface area contributed by atoms with Crippen LogP contribution in [0, 0.1) is 13.8 Å². The van der Waals surface area contributed by atoms with Crippen LogP contribution in [-0.2, 0) is 0 Å². The summed E-state index contributed by atoms with van der Waals surface area (Å²) in [6.45, 7) is 3.86. The first-order valence-corrected chi connectivity index (χ1v) is 14.2. The van der Waals surface area contributed by atoms with Crippen LogP contribution in [-0.4, -0.2) is 31.0 Å². The molecule has 4 heterocycles. The number of nitrogens with two attached hydrogens (primary N) is 3. The van der Waals surface area contributed by atoms with E-state index in [4.69, 9.17) is 32.3 Å². The molecule has 0 saturated carbocycles. The van der Waals surface area contributed by atoms with Crippen molar-refractivity contribution in [3.63, 3.8) is 0 Å². The number of aromatic nitrogens is 3. The molecule has 9 nitrogen and oxygen atoms in total. The zero-order valence-corrected chi connectivity index (χ0v) is 23.8. The molecule has 0 aliphatic carbocycles. The second-order valence-electron chi connectivity index (χ2n) is 10.3. The molecular formula is C32H27N9S. The lowest BCUT2D eigenvalue weighted by atomic mass is 10.1. The summed E-state index contributed by atoms with van der Waals surface area (Å²) < 4.78 is 0. The molecule has 0 spiro atoms. The second kappa shape index (κ2) is 10.1. The van der Waals surface area contributed by atoms with Gasteiger partial charge in [0, 0.05) is 44.5 Å². The minimum atomic E-state index is -0.574. The number of aryl methyl sites for hydroxylation is 2. The molecule has 0 saturated heterocycles. The van der Waals surface area contributed by atoms with Gasteiger partial charge in [0.2, 0.25) is 0 Å². The van der Waals surface area contributed by atoms with E-state index in [1.54, 1.807) is 5.01 Å². The molecule has 0 radical (unpaired) electrons. The van der Waals surface area contributed by atoms with Crippen LogP contribution in [0.1, 0.15) is 28.7 Å². The number of anilines is 2. The third kappa shape index (κ3) is 4.66. The molecular weight excluding hydrogens is 542 g/mol. The molecule has 206 valence electrons. The summed E-state index contributed by atoms with van der Waals surface area (Å²) in [5.74, 6) is 7.29. The fourth-order valence-corrected chi connectivity index (χ4v) is 6.01. The topological polar surface area (TPSA) is 145 Å². The first-order valence-electron chi connectivity index (χ1n) is 13.4. The third-order valence-electron chi connectivity index (χ3n) is 7.22. The Morgan fingerprint density at radius 1 is 0.714 bits per heavy atom. The molecule has 1 aliphatic rings. The van der Waals surface area contributed by atoms with Crippen molar-refractivity contribution in [1.29, 1.82) is 0 Å². The highest BCUT2D eigenvalue weighted by Gasteiger charge is 2.28. The normalized spacial score (nSPS) is 15.3. The summed E-state index contributed by atoms with van der Waals surface area (Å²) >= 11 is 1.39. The van der Waals surface area contributed by atoms with Crippen LogP contribution < -0.4 is 17.3 Å². The summed E-state index contributed by atoms with van der Waals surface area (Å²) in [4.78, 5) is 24.0. The highest BCUT2D eigenvalue weighted by Crippen LogP contribution is 2.34. The number of benzene rings is 3. The Hall–Kier alpha value is -5.06. The zero-order chi connectivity index (χ0) is 29.0. The largest absolute Gasteiger partial charge is 0.398 e. The van der Waals surface area contributed by atoms with Crippen molar-refractivity contribution in [3.05, 3.63) is 107 Å². The van der Waals surface area contributed by atoms with Gasteiger partial charge < -0.3 is 11.5 Å². The first-order chi connectivity index (χ1) is 20.3. The van der Waals surface area contributed by atoms with E-state index < -0.39 is 6.17 Å². The summed E-state index contributed by atoms with van der Waals surface area (Å²) in [5, 5.41) is 5.65. The fourth-order valence-electron chi connectivity index (χ4n) is 5.20. The number of rotatable bonds is 3. The number of pyridine rings is 3. The predicted molar refractivity (Wildman–Crippen MR) is 172 cm³/mol. The van der Waals surface area contributed by atoms with E-state index in [0.29, 0.717) is 22.4 Å². The van der Waals surface area contributed by atoms with E-state index in [0.717, 1.165) is 60.2 Å². The lowest BCUT2D eigenvalue weighted by molar-refractivity contribution is 0.339. The van der Waals surface area contributed by atoms with E-state index in [2.05, 4.69) is 9.97 Å². The smallest absolute Gasteiger partial charge is 0.188 e. The second-order valence-corrected chi connectivity index (χ2v) is 11.3. The highest BCUT2D eigenvalue weighted by atomic mass is 32.2. The monoisotopic (exact) mass is 569 g/mol. The number of thioether (sulfide) groups is 1. The van der Waals surface area contributed by atoms with Crippen LogP contribution in [0.5, 0.6) is 0 Å². The van der Waals surface area contributed by atoms with E-state index in [1.165, 1.54) is 11.8 Å². The van der Waals surface area contributed by atoms with Gasteiger partial charge in [0.1, 0.15) is 5.03 Å². The minimum absolute atomic E-state index is 0.530. The van der Waals surface area contributed by atoms with Gasteiger partial charge in [0.25, 0.3) is 0 Å². The number of nitrogen functional groups attached to an aromatic ring is 2. The Bertz CT molecular complexity index is 2100. The maximum Gasteiger partial charge on any atom is 0.188 e. The number of amidine groups is 2. The summed E-state index contributed by atoms with van der Waals surface area (Å²) in [5.41, 5.74) is 20.0. The van der Waals surface area contributed by atoms with Crippen molar-refractivity contribution in [2.24, 2.45) is 15.8 Å². The maximum absolute atomic E-state index is 6.76. The number of para-hydroxylation sites is 1. The van der Waals surface area contributed by atoms with Gasteiger partial charge in [0.05, 0.1) is 16.6 Å². The highest BCUT2D eigenvalue weighted by molar-refractivity contribution is 8.13. The first kappa shape index (κ1) is 25.9. The Labute approximate surface area is 246 Å². The van der Waals surface area contributed by atoms with Crippen molar-refractivity contribution in [2.45, 2.75) is 25.0 Å². The Kier molecular flexibility index (Phi) is 6.22. The Balaban J connectivity index is 1.35. The van der Waals surface area contributed by atoms with Gasteiger partial charge >= 0.3 is 0 Å². The van der Waals surface area contributed by atoms with Crippen molar-refractivity contribution in [2.75, 3.05) is 11.5 Å². The van der Waals surface area contributed by atoms with Gasteiger partial charge in [-0.3, -0.25) is 15.0 Å². The number of hydrogen-bond acceptors (Lipinski definition) is 10. The number of hydrazine groups is 1. The van der Waals surface area contributed by atoms with Gasteiger partial charge in [0.15, 0.2) is 17.2 Å². The quantitative estimate of drug-likeness (QED) is 0.224. The average molecular weight is 570 g/mol. The van der Waals surface area contributed by atoms with Crippen LogP contribution in [0.25, 0.3) is 32.7 Å². The molecule has 6 N–H and O–H groups in total. The molecule has 1 atom stereocenters. The van der Waals surface area contributed by atoms with Gasteiger partial charge in [-0.15, -0.1) is 0 Å². The molecule has 1 aliphatic heterocycles. The summed E-state index contributed by atoms with van der Waals surface area (Å²) in [7, 11) is 0. The van der Waals surface area contributed by atoms with Crippen LogP contribution >= 0.6 is 11.8 Å². The molecule has 0 fully saturated rings. The molecule has 3 aromatic heterocycles. The van der Waals surface area contributed by atoms with E-state index in [-0.39, 0.29) is 0 Å². The summed E-state index contributed by atoms with van der Waals surface area (Å²) in [6.07, 6.45) is -0.574. The lowest BCUT2D eigenvalue weighted by Gasteiger charge is -2.31. The van der Waals surface area contributed by atoms with Crippen LogP contribution in [0.3, 0.4) is 0 Å². The summed E-state index contributed by atoms with van der Waals surface area (Å²) in [6, 6.07) is 27.5. The lowest BCUT2D eigenvalue weighted by Crippen LogP contribution is -2.41. The number of aliphatic imine (C=N–C) groups is 2. The molecule has 0 bridgehead atoms. The SMILES string of the molecule is Cc1cc(N)c2cc(C3=NC(c4ccc5nc(C)cc(N)c5c4)N(N)C(Sc4ccc5ccccc5n4)=N3)ccc2n1. The van der Waals surface area contributed by atoms with Crippen LogP contribution in [0.15, 0.2) is 99.9 Å². The molecule has 3 aromatic carbocycles. The predicted octanol–water partition coefficient (Wildman–Crippen LogP) is 5.90. The Morgan fingerprint density at radius 3 is 2.17 bits per heavy atom. The van der Waals surface area contributed by atoms with E-state index >= 15 is 0 Å². The molecule has 6 aromatic rings. The zero-order valence-electron chi connectivity index (χ0n) is 23.0. The molecule has 0 amide bonds. The fraction of sp³-hybridized carbons (Fsp3) is 0.0938. The number of hydrogen-bond donors (Lipinski definition) is 3. The number of nitrogens with zero attached hydrogens (tertiary/aromatic N) is 6. The molecule has 42 heavy (non-hydrogen) atoms. The van der Waals surface area contributed by atoms with Crippen LogP contribution in [0.4, 0.5) is 11.4 Å². The number of fused-ring (bicyclic) bond motifs is 3. The van der Waals surface area contributed by atoms with Gasteiger partial charge in [-0.1, -0.05) is 30.3 Å². The molecule has 7 rings (SSSR count). The van der Waals surface area contributed by atoms with Crippen molar-refractivity contribution in [3.8, 4) is 0 Å². The van der Waals surface area contributed by atoms with Gasteiger partial charge in [-0.05, 0) is 85.8 Å². The molecule has 1 unspecified atom stereocenters. The van der Waals surface area contributed by atoms with Crippen LogP contribution in [0.2, 0.25) is 0 Å². The van der Waals surface area contributed by atoms with Crippen molar-refractivity contribution in [1.82, 2.24) is 20.0 Å². The molecule has 10 heteroatoms. The van der Waals surface area contributed by atoms with Crippen molar-refractivity contribution >= 4 is 66.8 Å². The Morgan fingerprint density at radius 2 is 1.40 bits per heavy atom. The van der Waals surface area contributed by atoms with E-state index in [9.17, 15) is 0 Å². The third-order valence-corrected chi connectivity index (χ3v) is 8.14.